The molecule has 0 fully saturated rings. The highest BCUT2D eigenvalue weighted by atomic mass is 16.5. The molecular formula is C11H16O3. The Kier molecular flexibility index (Phi) is 3.92. The molecule has 1 aliphatic carbocycles. The number of allylic oxidation sites excluding steroid dienone is 3. The van der Waals surface area contributed by atoms with E-state index in [2.05, 4.69) is 6.58 Å². The Hall–Kier alpha value is -1.06. The molecule has 1 aliphatic rings. The summed E-state index contributed by atoms with van der Waals surface area (Å²) in [5, 5.41) is 9.73. The largest absolute Gasteiger partial charge is 0.498 e. The lowest BCUT2D eigenvalue weighted by Gasteiger charge is -2.25. The van der Waals surface area contributed by atoms with Crippen LogP contribution in [0.5, 0.6) is 0 Å². The summed E-state index contributed by atoms with van der Waals surface area (Å²) < 4.78 is 10.2. The van der Waals surface area contributed by atoms with Crippen LogP contribution >= 0.6 is 0 Å². The Labute approximate surface area is 84.3 Å². The first-order valence-electron chi connectivity index (χ1n) is 4.51. The zero-order chi connectivity index (χ0) is 10.6. The summed E-state index contributed by atoms with van der Waals surface area (Å²) in [7, 11) is 3.10. The van der Waals surface area contributed by atoms with Crippen molar-refractivity contribution in [2.45, 2.75) is 18.6 Å². The number of methoxy groups -OCH3 is 2. The summed E-state index contributed by atoms with van der Waals surface area (Å²) in [6, 6.07) is 0. The van der Waals surface area contributed by atoms with Gasteiger partial charge in [-0.3, -0.25) is 0 Å². The molecule has 0 bridgehead atoms. The minimum atomic E-state index is -0.710. The van der Waals surface area contributed by atoms with E-state index in [0.717, 1.165) is 12.0 Å². The fraction of sp³-hybridized carbons (Fsp3) is 0.455. The zero-order valence-electron chi connectivity index (χ0n) is 8.56. The maximum Gasteiger partial charge on any atom is 0.141 e. The molecule has 0 aromatic rings. The van der Waals surface area contributed by atoms with Crippen LogP contribution in [0.3, 0.4) is 0 Å². The Morgan fingerprint density at radius 2 is 2.29 bits per heavy atom. The first-order valence-corrected chi connectivity index (χ1v) is 4.51. The van der Waals surface area contributed by atoms with Crippen LogP contribution < -0.4 is 0 Å². The molecule has 1 rings (SSSR count). The van der Waals surface area contributed by atoms with Crippen molar-refractivity contribution in [3.05, 3.63) is 36.1 Å². The lowest BCUT2D eigenvalue weighted by Crippen LogP contribution is -2.31. The molecule has 0 saturated carbocycles. The van der Waals surface area contributed by atoms with Crippen LogP contribution in [0.15, 0.2) is 36.1 Å². The van der Waals surface area contributed by atoms with Crippen molar-refractivity contribution < 1.29 is 14.6 Å². The van der Waals surface area contributed by atoms with E-state index >= 15 is 0 Å². The van der Waals surface area contributed by atoms with E-state index < -0.39 is 6.10 Å². The standard InChI is InChI=1S/C11H16O3/c1-4-5-8-6-9(13-2)11(12)10(7-8)14-3/h4,6-7,9,11-12H,1,5H2,2-3H3. The number of hydrogen-bond acceptors (Lipinski definition) is 3. The van der Waals surface area contributed by atoms with Crippen molar-refractivity contribution in [2.24, 2.45) is 0 Å². The van der Waals surface area contributed by atoms with E-state index in [0.29, 0.717) is 5.76 Å². The highest BCUT2D eigenvalue weighted by Crippen LogP contribution is 2.22. The molecule has 0 aromatic heterocycles. The summed E-state index contributed by atoms with van der Waals surface area (Å²) in [5.41, 5.74) is 1.05. The molecule has 0 heterocycles. The van der Waals surface area contributed by atoms with Crippen molar-refractivity contribution >= 4 is 0 Å². The molecule has 2 atom stereocenters. The molecule has 0 aliphatic heterocycles. The van der Waals surface area contributed by atoms with Gasteiger partial charge in [-0.25, -0.2) is 0 Å². The lowest BCUT2D eigenvalue weighted by atomic mass is 9.98. The molecule has 3 nitrogen and oxygen atoms in total. The fourth-order valence-electron chi connectivity index (χ4n) is 1.45. The Bertz CT molecular complexity index is 266. The van der Waals surface area contributed by atoms with E-state index in [-0.39, 0.29) is 6.10 Å². The van der Waals surface area contributed by atoms with E-state index in [4.69, 9.17) is 9.47 Å². The van der Waals surface area contributed by atoms with Crippen LogP contribution in [0.4, 0.5) is 0 Å². The van der Waals surface area contributed by atoms with Gasteiger partial charge in [-0.15, -0.1) is 6.58 Å². The van der Waals surface area contributed by atoms with Crippen molar-refractivity contribution in [3.63, 3.8) is 0 Å². The molecule has 0 spiro atoms. The van der Waals surface area contributed by atoms with E-state index in [1.807, 2.05) is 12.2 Å². The summed E-state index contributed by atoms with van der Waals surface area (Å²) in [4.78, 5) is 0. The maximum absolute atomic E-state index is 9.73. The quantitative estimate of drug-likeness (QED) is 0.691. The van der Waals surface area contributed by atoms with Crippen LogP contribution in [-0.4, -0.2) is 31.5 Å². The molecule has 1 N–H and O–H groups in total. The van der Waals surface area contributed by atoms with Gasteiger partial charge in [0, 0.05) is 7.11 Å². The van der Waals surface area contributed by atoms with Gasteiger partial charge < -0.3 is 14.6 Å². The van der Waals surface area contributed by atoms with Gasteiger partial charge in [0.15, 0.2) is 0 Å². The van der Waals surface area contributed by atoms with Gasteiger partial charge in [0.1, 0.15) is 18.0 Å². The summed E-state index contributed by atoms with van der Waals surface area (Å²) in [5.74, 6) is 0.538. The van der Waals surface area contributed by atoms with E-state index in [9.17, 15) is 5.11 Å². The molecule has 3 heteroatoms. The number of ether oxygens (including phenoxy) is 2. The highest BCUT2D eigenvalue weighted by molar-refractivity contribution is 5.32. The smallest absolute Gasteiger partial charge is 0.141 e. The molecule has 0 amide bonds. The van der Waals surface area contributed by atoms with Crippen molar-refractivity contribution in [2.75, 3.05) is 14.2 Å². The van der Waals surface area contributed by atoms with Gasteiger partial charge >= 0.3 is 0 Å². The van der Waals surface area contributed by atoms with Crippen molar-refractivity contribution in [1.82, 2.24) is 0 Å². The third-order valence-corrected chi connectivity index (χ3v) is 2.20. The Balaban J connectivity index is 2.86. The normalized spacial score (nSPS) is 26.5. The highest BCUT2D eigenvalue weighted by Gasteiger charge is 2.25. The number of hydrogen-bond donors (Lipinski definition) is 1. The van der Waals surface area contributed by atoms with Gasteiger partial charge in [-0.2, -0.15) is 0 Å². The van der Waals surface area contributed by atoms with Gasteiger partial charge in [0.05, 0.1) is 7.11 Å². The first kappa shape index (κ1) is 11.0. The predicted molar refractivity (Wildman–Crippen MR) is 54.8 cm³/mol. The number of rotatable bonds is 4. The van der Waals surface area contributed by atoms with E-state index in [1.54, 1.807) is 20.3 Å². The molecule has 78 valence electrons. The summed E-state index contributed by atoms with van der Waals surface area (Å²) in [6.45, 7) is 3.66. The topological polar surface area (TPSA) is 38.7 Å². The van der Waals surface area contributed by atoms with E-state index in [1.165, 1.54) is 0 Å². The van der Waals surface area contributed by atoms with Crippen LogP contribution in [0.25, 0.3) is 0 Å². The Morgan fingerprint density at radius 3 is 2.79 bits per heavy atom. The van der Waals surface area contributed by atoms with Crippen molar-refractivity contribution in [3.8, 4) is 0 Å². The summed E-state index contributed by atoms with van der Waals surface area (Å²) in [6.07, 6.45) is 5.22. The van der Waals surface area contributed by atoms with Crippen LogP contribution in [-0.2, 0) is 9.47 Å². The van der Waals surface area contributed by atoms with Gasteiger partial charge in [-0.05, 0) is 24.1 Å². The molecule has 14 heavy (non-hydrogen) atoms. The van der Waals surface area contributed by atoms with Gasteiger partial charge in [0.25, 0.3) is 0 Å². The summed E-state index contributed by atoms with van der Waals surface area (Å²) >= 11 is 0. The minimum absolute atomic E-state index is 0.329. The molecule has 0 aromatic carbocycles. The fourth-order valence-corrected chi connectivity index (χ4v) is 1.45. The number of aliphatic hydroxyl groups is 1. The number of aliphatic hydroxyl groups excluding tert-OH is 1. The Morgan fingerprint density at radius 1 is 1.57 bits per heavy atom. The second kappa shape index (κ2) is 4.98. The zero-order valence-corrected chi connectivity index (χ0v) is 8.56. The lowest BCUT2D eigenvalue weighted by molar-refractivity contribution is 0.00657. The monoisotopic (exact) mass is 196 g/mol. The second-order valence-corrected chi connectivity index (χ2v) is 3.13. The molecule has 0 radical (unpaired) electrons. The predicted octanol–water partition coefficient (Wildman–Crippen LogP) is 1.41. The maximum atomic E-state index is 9.73. The SMILES string of the molecule is C=CCC1=CC(OC)C(O)C(OC)=C1. The second-order valence-electron chi connectivity index (χ2n) is 3.13. The third kappa shape index (κ3) is 2.25. The van der Waals surface area contributed by atoms with Crippen LogP contribution in [0.1, 0.15) is 6.42 Å². The average Bonchev–Trinajstić information content (AvgIpc) is 2.20. The van der Waals surface area contributed by atoms with Crippen molar-refractivity contribution in [1.29, 1.82) is 0 Å². The first-order chi connectivity index (χ1) is 6.72. The molecular weight excluding hydrogens is 180 g/mol. The van der Waals surface area contributed by atoms with Crippen LogP contribution in [0.2, 0.25) is 0 Å². The van der Waals surface area contributed by atoms with Crippen LogP contribution in [0, 0.1) is 0 Å². The molecule has 0 saturated heterocycles. The van der Waals surface area contributed by atoms with Gasteiger partial charge in [0.2, 0.25) is 0 Å². The average molecular weight is 196 g/mol. The minimum Gasteiger partial charge on any atom is -0.498 e. The third-order valence-electron chi connectivity index (χ3n) is 2.20. The molecule has 2 unspecified atom stereocenters. The van der Waals surface area contributed by atoms with Gasteiger partial charge in [-0.1, -0.05) is 6.08 Å².